The topological polar surface area (TPSA) is 49.8 Å². The van der Waals surface area contributed by atoms with Gasteiger partial charge >= 0.3 is 5.97 Å². The number of unbranched alkanes of at least 4 members (excludes halogenated alkanes) is 6. The predicted molar refractivity (Wildman–Crippen MR) is 142 cm³/mol. The number of hydrogen-bond acceptors (Lipinski definition) is 3. The lowest BCUT2D eigenvalue weighted by Gasteiger charge is -2.57. The number of hydrogen-bond donors (Lipinski definition) is 1. The van der Waals surface area contributed by atoms with E-state index in [0.717, 1.165) is 44.9 Å². The summed E-state index contributed by atoms with van der Waals surface area (Å²) in [5, 5.41) is 12.5. The Kier molecular flexibility index (Phi) is 11.6. The van der Waals surface area contributed by atoms with Crippen LogP contribution >= 0.6 is 0 Å². The minimum absolute atomic E-state index is 0.0440. The Hall–Kier alpha value is -1.39. The first-order valence-electron chi connectivity index (χ1n) is 14.0. The SMILES string of the molecule is CCCCCCCCCC(C(=O)O)C1CC(C)(C)N(OC(C)c2ccccc2)C(CC)(CC)C1. The van der Waals surface area contributed by atoms with Crippen molar-refractivity contribution in [3.8, 4) is 0 Å². The molecule has 0 aliphatic carbocycles. The van der Waals surface area contributed by atoms with Crippen molar-refractivity contribution in [1.29, 1.82) is 0 Å². The zero-order valence-corrected chi connectivity index (χ0v) is 22.8. The molecule has 0 radical (unpaired) electrons. The minimum atomic E-state index is -0.611. The van der Waals surface area contributed by atoms with Crippen molar-refractivity contribution in [3.05, 3.63) is 35.9 Å². The Balaban J connectivity index is 2.12. The highest BCUT2D eigenvalue weighted by Gasteiger charge is 2.52. The molecule has 4 heteroatoms. The maximum atomic E-state index is 12.4. The third kappa shape index (κ3) is 7.55. The van der Waals surface area contributed by atoms with Gasteiger partial charge in [-0.25, -0.2) is 0 Å². The molecule has 1 aliphatic rings. The molecule has 34 heavy (non-hydrogen) atoms. The molecular weight excluding hydrogens is 422 g/mol. The number of nitrogens with zero attached hydrogens (tertiary/aromatic N) is 1. The average Bonchev–Trinajstić information content (AvgIpc) is 2.82. The minimum Gasteiger partial charge on any atom is -0.481 e. The number of aliphatic carboxylic acids is 1. The zero-order valence-electron chi connectivity index (χ0n) is 22.8. The first kappa shape index (κ1) is 28.8. The largest absolute Gasteiger partial charge is 0.481 e. The Morgan fingerprint density at radius 3 is 2.15 bits per heavy atom. The van der Waals surface area contributed by atoms with E-state index in [4.69, 9.17) is 4.84 Å². The molecule has 1 N–H and O–H groups in total. The van der Waals surface area contributed by atoms with Crippen molar-refractivity contribution >= 4 is 5.97 Å². The van der Waals surface area contributed by atoms with E-state index in [1.54, 1.807) is 0 Å². The summed E-state index contributed by atoms with van der Waals surface area (Å²) < 4.78 is 0. The van der Waals surface area contributed by atoms with Crippen LogP contribution in [-0.2, 0) is 9.63 Å². The van der Waals surface area contributed by atoms with E-state index in [9.17, 15) is 9.90 Å². The lowest BCUT2D eigenvalue weighted by atomic mass is 9.66. The first-order chi connectivity index (χ1) is 16.2. The molecular formula is C30H51NO3. The number of carbonyl (C=O) groups is 1. The maximum Gasteiger partial charge on any atom is 0.306 e. The molecule has 0 saturated carbocycles. The second-order valence-corrected chi connectivity index (χ2v) is 11.2. The number of hydroxylamine groups is 2. The molecule has 3 atom stereocenters. The van der Waals surface area contributed by atoms with Gasteiger partial charge in [0.1, 0.15) is 6.10 Å². The molecule has 1 saturated heterocycles. The van der Waals surface area contributed by atoms with Gasteiger partial charge in [0.25, 0.3) is 0 Å². The first-order valence-corrected chi connectivity index (χ1v) is 14.0. The molecule has 194 valence electrons. The van der Waals surface area contributed by atoms with Gasteiger partial charge in [-0.15, -0.1) is 0 Å². The van der Waals surface area contributed by atoms with Crippen molar-refractivity contribution in [2.45, 2.75) is 136 Å². The highest BCUT2D eigenvalue weighted by Crippen LogP contribution is 2.49. The second kappa shape index (κ2) is 13.6. The van der Waals surface area contributed by atoms with E-state index >= 15 is 0 Å². The van der Waals surface area contributed by atoms with Crippen molar-refractivity contribution < 1.29 is 14.7 Å². The summed E-state index contributed by atoms with van der Waals surface area (Å²) in [5.74, 6) is -0.694. The van der Waals surface area contributed by atoms with E-state index in [0.29, 0.717) is 0 Å². The molecule has 2 rings (SSSR count). The smallest absolute Gasteiger partial charge is 0.306 e. The molecule has 4 nitrogen and oxygen atoms in total. The van der Waals surface area contributed by atoms with Gasteiger partial charge in [-0.1, -0.05) is 96.0 Å². The summed E-state index contributed by atoms with van der Waals surface area (Å²) in [7, 11) is 0. The summed E-state index contributed by atoms with van der Waals surface area (Å²) in [5.41, 5.74) is 0.790. The van der Waals surface area contributed by atoms with Crippen LogP contribution in [0.4, 0.5) is 0 Å². The van der Waals surface area contributed by atoms with Crippen LogP contribution in [0, 0.1) is 11.8 Å². The van der Waals surface area contributed by atoms with Gasteiger partial charge in [0.15, 0.2) is 0 Å². The van der Waals surface area contributed by atoms with Crippen LogP contribution in [0.3, 0.4) is 0 Å². The van der Waals surface area contributed by atoms with Crippen molar-refractivity contribution in [3.63, 3.8) is 0 Å². The van der Waals surface area contributed by atoms with E-state index in [-0.39, 0.29) is 29.0 Å². The summed E-state index contributed by atoms with van der Waals surface area (Å²) in [6, 6.07) is 10.4. The molecule has 1 aromatic rings. The third-order valence-electron chi connectivity index (χ3n) is 8.24. The molecule has 1 aliphatic heterocycles. The van der Waals surface area contributed by atoms with E-state index in [1.807, 2.05) is 6.07 Å². The van der Waals surface area contributed by atoms with Crippen LogP contribution in [0.2, 0.25) is 0 Å². The Morgan fingerprint density at radius 1 is 1.00 bits per heavy atom. The molecule has 3 unspecified atom stereocenters. The van der Waals surface area contributed by atoms with Crippen molar-refractivity contribution in [2.24, 2.45) is 11.8 Å². The van der Waals surface area contributed by atoms with Crippen LogP contribution in [0.25, 0.3) is 0 Å². The average molecular weight is 474 g/mol. The van der Waals surface area contributed by atoms with Crippen molar-refractivity contribution in [1.82, 2.24) is 5.06 Å². The number of rotatable bonds is 15. The summed E-state index contributed by atoms with van der Waals surface area (Å²) in [6.45, 7) is 13.3. The van der Waals surface area contributed by atoms with Gasteiger partial charge in [-0.05, 0) is 64.4 Å². The summed E-state index contributed by atoms with van der Waals surface area (Å²) in [4.78, 5) is 19.1. The lowest BCUT2D eigenvalue weighted by Crippen LogP contribution is -2.63. The normalized spacial score (nSPS) is 21.8. The van der Waals surface area contributed by atoms with Gasteiger partial charge in [-0.2, -0.15) is 5.06 Å². The van der Waals surface area contributed by atoms with Gasteiger partial charge in [0.2, 0.25) is 0 Å². The number of benzene rings is 1. The van der Waals surface area contributed by atoms with E-state index in [1.165, 1.54) is 37.7 Å². The maximum absolute atomic E-state index is 12.4. The number of piperidine rings is 1. The molecule has 0 spiro atoms. The third-order valence-corrected chi connectivity index (χ3v) is 8.24. The molecule has 1 aromatic carbocycles. The predicted octanol–water partition coefficient (Wildman–Crippen LogP) is 8.57. The molecule has 0 amide bonds. The molecule has 1 heterocycles. The summed E-state index contributed by atoms with van der Waals surface area (Å²) >= 11 is 0. The number of carboxylic acids is 1. The fourth-order valence-electron chi connectivity index (χ4n) is 6.20. The van der Waals surface area contributed by atoms with Crippen LogP contribution in [0.5, 0.6) is 0 Å². The monoisotopic (exact) mass is 473 g/mol. The van der Waals surface area contributed by atoms with Gasteiger partial charge in [0.05, 0.1) is 5.92 Å². The highest BCUT2D eigenvalue weighted by atomic mass is 16.7. The van der Waals surface area contributed by atoms with Crippen molar-refractivity contribution in [2.75, 3.05) is 0 Å². The summed E-state index contributed by atoms with van der Waals surface area (Å²) in [6.07, 6.45) is 13.0. The standard InChI is InChI=1S/C30H51NO3/c1-7-10-11-12-13-14-18-21-27(28(32)33)26-22-29(5,6)31(30(8-2,9-3)23-26)34-24(4)25-19-16-15-17-20-25/h15-17,19-20,24,26-27H,7-14,18,21-23H2,1-6H3,(H,32,33). The Morgan fingerprint density at radius 2 is 1.59 bits per heavy atom. The number of carboxylic acid groups (broad SMARTS) is 1. The van der Waals surface area contributed by atoms with Crippen LogP contribution < -0.4 is 0 Å². The van der Waals surface area contributed by atoms with Gasteiger partial charge < -0.3 is 5.11 Å². The van der Waals surface area contributed by atoms with E-state index < -0.39 is 5.97 Å². The van der Waals surface area contributed by atoms with Crippen LogP contribution in [-0.4, -0.2) is 27.2 Å². The Bertz CT molecular complexity index is 713. The van der Waals surface area contributed by atoms with E-state index in [2.05, 4.69) is 70.9 Å². The zero-order chi connectivity index (χ0) is 25.2. The van der Waals surface area contributed by atoms with Crippen LogP contribution in [0.1, 0.15) is 130 Å². The van der Waals surface area contributed by atoms with Gasteiger partial charge in [-0.3, -0.25) is 9.63 Å². The van der Waals surface area contributed by atoms with Gasteiger partial charge in [0, 0.05) is 11.1 Å². The van der Waals surface area contributed by atoms with Crippen LogP contribution in [0.15, 0.2) is 30.3 Å². The Labute approximate surface area is 209 Å². The quantitative estimate of drug-likeness (QED) is 0.259. The fraction of sp³-hybridized carbons (Fsp3) is 0.767. The fourth-order valence-corrected chi connectivity index (χ4v) is 6.20. The molecule has 1 fully saturated rings. The second-order valence-electron chi connectivity index (χ2n) is 11.2. The lowest BCUT2D eigenvalue weighted by molar-refractivity contribution is -0.321. The molecule has 0 aromatic heterocycles. The highest BCUT2D eigenvalue weighted by molar-refractivity contribution is 5.70. The molecule has 0 bridgehead atoms.